The smallest absolute Gasteiger partial charge is 0.190 e. The molecule has 1 atom stereocenters. The number of aryl methyl sites for hydroxylation is 1. The second kappa shape index (κ2) is 5.86. The maximum Gasteiger partial charge on any atom is 0.190 e. The number of nitrogens with zero attached hydrogens (tertiary/aromatic N) is 2. The summed E-state index contributed by atoms with van der Waals surface area (Å²) in [6, 6.07) is 13.9. The molecule has 0 aliphatic heterocycles. The van der Waals surface area contributed by atoms with Gasteiger partial charge in [0.25, 0.3) is 0 Å². The Morgan fingerprint density at radius 1 is 1.32 bits per heavy atom. The Morgan fingerprint density at radius 2 is 2.09 bits per heavy atom. The summed E-state index contributed by atoms with van der Waals surface area (Å²) in [7, 11) is 1.92. The molecule has 2 aromatic rings. The van der Waals surface area contributed by atoms with Crippen LogP contribution in [0.1, 0.15) is 27.5 Å². The molecule has 1 aliphatic rings. The van der Waals surface area contributed by atoms with Gasteiger partial charge >= 0.3 is 0 Å². The quantitative estimate of drug-likeness (QED) is 0.812. The molecule has 1 aromatic heterocycles. The SMILES string of the molecule is CS/C(=C1\Cc2ccccc2C1=O)C(C#N)c1cccn1C. The number of ketones is 1. The van der Waals surface area contributed by atoms with E-state index in [1.807, 2.05) is 60.5 Å². The van der Waals surface area contributed by atoms with Crippen molar-refractivity contribution in [2.24, 2.45) is 7.05 Å². The monoisotopic (exact) mass is 308 g/mol. The lowest BCUT2D eigenvalue weighted by Gasteiger charge is -2.15. The number of nitriles is 1. The summed E-state index contributed by atoms with van der Waals surface area (Å²) in [5.41, 5.74) is 3.51. The molecular formula is C18H16N2OS. The number of fused-ring (bicyclic) bond motifs is 1. The Bertz CT molecular complexity index is 810. The van der Waals surface area contributed by atoms with Crippen molar-refractivity contribution >= 4 is 17.5 Å². The molecule has 22 heavy (non-hydrogen) atoms. The van der Waals surface area contributed by atoms with Gasteiger partial charge in [0, 0.05) is 41.4 Å². The Labute approximate surface area is 134 Å². The fraction of sp³-hybridized carbons (Fsp3) is 0.222. The minimum Gasteiger partial charge on any atom is -0.353 e. The van der Waals surface area contributed by atoms with Crippen LogP contribution in [0.2, 0.25) is 0 Å². The summed E-state index contributed by atoms with van der Waals surface area (Å²) in [5, 5.41) is 9.67. The molecular weight excluding hydrogens is 292 g/mol. The highest BCUT2D eigenvalue weighted by Crippen LogP contribution is 2.39. The second-order valence-corrected chi connectivity index (χ2v) is 6.16. The van der Waals surface area contributed by atoms with E-state index in [4.69, 9.17) is 0 Å². The Balaban J connectivity index is 2.10. The van der Waals surface area contributed by atoms with Crippen LogP contribution in [0, 0.1) is 11.3 Å². The van der Waals surface area contributed by atoms with Crippen LogP contribution in [0.5, 0.6) is 0 Å². The summed E-state index contributed by atoms with van der Waals surface area (Å²) < 4.78 is 1.94. The van der Waals surface area contributed by atoms with Crippen LogP contribution in [0.25, 0.3) is 0 Å². The van der Waals surface area contributed by atoms with E-state index in [0.29, 0.717) is 6.42 Å². The van der Waals surface area contributed by atoms with Gasteiger partial charge in [0.15, 0.2) is 5.78 Å². The molecule has 1 aliphatic carbocycles. The van der Waals surface area contributed by atoms with E-state index in [0.717, 1.165) is 27.3 Å². The molecule has 1 heterocycles. The van der Waals surface area contributed by atoms with Crippen LogP contribution in [0.4, 0.5) is 0 Å². The van der Waals surface area contributed by atoms with E-state index < -0.39 is 5.92 Å². The summed E-state index contributed by atoms with van der Waals surface area (Å²) in [6.45, 7) is 0. The van der Waals surface area contributed by atoms with Gasteiger partial charge in [-0.3, -0.25) is 4.79 Å². The number of carbonyl (C=O) groups excluding carboxylic acids is 1. The Kier molecular flexibility index (Phi) is 3.91. The lowest BCUT2D eigenvalue weighted by molar-refractivity contribution is 0.103. The lowest BCUT2D eigenvalue weighted by Crippen LogP contribution is -2.08. The number of rotatable bonds is 3. The van der Waals surface area contributed by atoms with Crippen LogP contribution in [-0.2, 0) is 13.5 Å². The predicted molar refractivity (Wildman–Crippen MR) is 88.8 cm³/mol. The number of Topliss-reactive ketones (excluding diaryl/α,β-unsaturated/α-hetero) is 1. The van der Waals surface area contributed by atoms with Crippen molar-refractivity contribution in [3.8, 4) is 6.07 Å². The van der Waals surface area contributed by atoms with Gasteiger partial charge in [-0.1, -0.05) is 24.3 Å². The number of aromatic nitrogens is 1. The topological polar surface area (TPSA) is 45.8 Å². The van der Waals surface area contributed by atoms with Gasteiger partial charge in [0.2, 0.25) is 0 Å². The molecule has 4 heteroatoms. The van der Waals surface area contributed by atoms with Crippen molar-refractivity contribution in [2.75, 3.05) is 6.26 Å². The zero-order valence-corrected chi connectivity index (χ0v) is 13.4. The molecule has 3 rings (SSSR count). The second-order valence-electron chi connectivity index (χ2n) is 5.32. The third kappa shape index (κ3) is 2.28. The number of carbonyl (C=O) groups is 1. The fourth-order valence-electron chi connectivity index (χ4n) is 2.98. The highest BCUT2D eigenvalue weighted by atomic mass is 32.2. The summed E-state index contributed by atoms with van der Waals surface area (Å²) in [6.07, 6.45) is 4.48. The van der Waals surface area contributed by atoms with Gasteiger partial charge < -0.3 is 4.57 Å². The van der Waals surface area contributed by atoms with Gasteiger partial charge in [-0.15, -0.1) is 11.8 Å². The average molecular weight is 308 g/mol. The zero-order valence-electron chi connectivity index (χ0n) is 12.5. The lowest BCUT2D eigenvalue weighted by atomic mass is 10.0. The van der Waals surface area contributed by atoms with Crippen molar-refractivity contribution in [1.29, 1.82) is 5.26 Å². The van der Waals surface area contributed by atoms with E-state index in [1.165, 1.54) is 11.8 Å². The normalized spacial score (nSPS) is 17.0. The molecule has 0 bridgehead atoms. The number of hydrogen-bond donors (Lipinski definition) is 0. The van der Waals surface area contributed by atoms with Crippen LogP contribution >= 0.6 is 11.8 Å². The highest BCUT2D eigenvalue weighted by molar-refractivity contribution is 8.02. The van der Waals surface area contributed by atoms with Crippen LogP contribution in [0.3, 0.4) is 0 Å². The van der Waals surface area contributed by atoms with Gasteiger partial charge in [-0.2, -0.15) is 5.26 Å². The minimum absolute atomic E-state index is 0.0643. The number of benzene rings is 1. The number of allylic oxidation sites excluding steroid dienone is 2. The molecule has 0 N–H and O–H groups in total. The van der Waals surface area contributed by atoms with Crippen molar-refractivity contribution in [2.45, 2.75) is 12.3 Å². The van der Waals surface area contributed by atoms with Gasteiger partial charge in [0.1, 0.15) is 5.92 Å². The summed E-state index contributed by atoms with van der Waals surface area (Å²) >= 11 is 1.50. The van der Waals surface area contributed by atoms with E-state index in [-0.39, 0.29) is 5.78 Å². The Hall–Kier alpha value is -2.25. The Morgan fingerprint density at radius 3 is 2.68 bits per heavy atom. The zero-order chi connectivity index (χ0) is 15.7. The van der Waals surface area contributed by atoms with E-state index in [2.05, 4.69) is 6.07 Å². The van der Waals surface area contributed by atoms with E-state index in [1.54, 1.807) is 0 Å². The third-order valence-corrected chi connectivity index (χ3v) is 5.01. The first-order chi connectivity index (χ1) is 10.7. The highest BCUT2D eigenvalue weighted by Gasteiger charge is 2.31. The van der Waals surface area contributed by atoms with Crippen molar-refractivity contribution in [1.82, 2.24) is 4.57 Å². The van der Waals surface area contributed by atoms with E-state index in [9.17, 15) is 10.1 Å². The van der Waals surface area contributed by atoms with Gasteiger partial charge in [0.05, 0.1) is 6.07 Å². The molecule has 0 amide bonds. The number of thioether (sulfide) groups is 1. The number of hydrogen-bond acceptors (Lipinski definition) is 3. The van der Waals surface area contributed by atoms with Gasteiger partial charge in [-0.05, 0) is 24.0 Å². The first-order valence-corrected chi connectivity index (χ1v) is 8.30. The molecule has 1 unspecified atom stereocenters. The van der Waals surface area contributed by atoms with E-state index >= 15 is 0 Å². The summed E-state index contributed by atoms with van der Waals surface area (Å²) in [5.74, 6) is -0.335. The standard InChI is InChI=1S/C18H16N2OS/c1-20-9-5-8-16(20)15(11-19)18(22-2)14-10-12-6-3-4-7-13(12)17(14)21/h3-9,15H,10H2,1-2H3/b18-14+. The van der Waals surface area contributed by atoms with Crippen LogP contribution < -0.4 is 0 Å². The fourth-order valence-corrected chi connectivity index (χ4v) is 3.80. The third-order valence-electron chi connectivity index (χ3n) is 4.09. The van der Waals surface area contributed by atoms with Crippen LogP contribution in [-0.4, -0.2) is 16.6 Å². The molecule has 1 aromatic carbocycles. The largest absolute Gasteiger partial charge is 0.353 e. The average Bonchev–Trinajstić information content (AvgIpc) is 3.09. The van der Waals surface area contributed by atoms with Crippen LogP contribution in [0.15, 0.2) is 53.1 Å². The first-order valence-electron chi connectivity index (χ1n) is 7.07. The molecule has 0 fully saturated rings. The predicted octanol–water partition coefficient (Wildman–Crippen LogP) is 3.69. The minimum atomic E-state index is -0.400. The molecule has 3 nitrogen and oxygen atoms in total. The summed E-state index contributed by atoms with van der Waals surface area (Å²) in [4.78, 5) is 13.6. The van der Waals surface area contributed by atoms with Gasteiger partial charge in [-0.25, -0.2) is 0 Å². The van der Waals surface area contributed by atoms with Crippen molar-refractivity contribution in [3.05, 3.63) is 69.9 Å². The molecule has 0 spiro atoms. The maximum absolute atomic E-state index is 12.7. The molecule has 0 radical (unpaired) electrons. The van der Waals surface area contributed by atoms with Crippen molar-refractivity contribution < 1.29 is 4.79 Å². The molecule has 110 valence electrons. The molecule has 0 saturated carbocycles. The molecule has 0 saturated heterocycles. The maximum atomic E-state index is 12.7. The first kappa shape index (κ1) is 14.7. The van der Waals surface area contributed by atoms with Crippen molar-refractivity contribution in [3.63, 3.8) is 0 Å².